The standard InChI is InChI=1S/C11H16BrFN2O3S2/c1-7(3-4-19(2)16)15-20(17,18)11-6-10(14)9(13)5-8(11)12/h5-7,15H,3-4,14H2,1-2H3. The minimum atomic E-state index is -3.82. The van der Waals surface area contributed by atoms with E-state index in [1.54, 1.807) is 13.2 Å². The Bertz CT molecular complexity index is 622. The van der Waals surface area contributed by atoms with Gasteiger partial charge in [0.05, 0.1) is 10.6 Å². The van der Waals surface area contributed by atoms with Crippen LogP contribution in [0, 0.1) is 5.82 Å². The van der Waals surface area contributed by atoms with Crippen LogP contribution in [-0.4, -0.2) is 30.7 Å². The summed E-state index contributed by atoms with van der Waals surface area (Å²) in [6, 6.07) is 1.68. The number of nitrogen functional groups attached to an aromatic ring is 1. The fraction of sp³-hybridized carbons (Fsp3) is 0.455. The Hall–Kier alpha value is -0.510. The topological polar surface area (TPSA) is 89.3 Å². The van der Waals surface area contributed by atoms with E-state index in [1.165, 1.54) is 0 Å². The van der Waals surface area contributed by atoms with Gasteiger partial charge in [-0.3, -0.25) is 4.21 Å². The summed E-state index contributed by atoms with van der Waals surface area (Å²) in [5.74, 6) is -0.290. The molecule has 0 aliphatic rings. The summed E-state index contributed by atoms with van der Waals surface area (Å²) >= 11 is 3.01. The Kier molecular flexibility index (Phi) is 6.11. The van der Waals surface area contributed by atoms with E-state index in [0.29, 0.717) is 12.2 Å². The zero-order valence-electron chi connectivity index (χ0n) is 11.0. The van der Waals surface area contributed by atoms with Gasteiger partial charge in [0.15, 0.2) is 0 Å². The maximum absolute atomic E-state index is 13.2. The highest BCUT2D eigenvalue weighted by Crippen LogP contribution is 2.26. The highest BCUT2D eigenvalue weighted by Gasteiger charge is 2.22. The van der Waals surface area contributed by atoms with Crippen LogP contribution in [0.3, 0.4) is 0 Å². The van der Waals surface area contributed by atoms with Gasteiger partial charge in [-0.05, 0) is 41.4 Å². The summed E-state index contributed by atoms with van der Waals surface area (Å²) in [5.41, 5.74) is 5.15. The van der Waals surface area contributed by atoms with Gasteiger partial charge in [-0.15, -0.1) is 0 Å². The van der Waals surface area contributed by atoms with Crippen molar-refractivity contribution in [2.45, 2.75) is 24.3 Å². The molecule has 0 saturated carbocycles. The summed E-state index contributed by atoms with van der Waals surface area (Å²) in [4.78, 5) is -0.124. The van der Waals surface area contributed by atoms with Crippen molar-refractivity contribution in [3.63, 3.8) is 0 Å². The predicted octanol–water partition coefficient (Wildman–Crippen LogP) is 1.61. The van der Waals surface area contributed by atoms with E-state index in [-0.39, 0.29) is 21.1 Å². The molecule has 5 nitrogen and oxygen atoms in total. The molecule has 2 unspecified atom stereocenters. The van der Waals surface area contributed by atoms with Crippen LogP contribution in [0.2, 0.25) is 0 Å². The van der Waals surface area contributed by atoms with E-state index in [9.17, 15) is 17.0 Å². The molecule has 0 aliphatic carbocycles. The van der Waals surface area contributed by atoms with Gasteiger partial charge in [-0.25, -0.2) is 17.5 Å². The van der Waals surface area contributed by atoms with Gasteiger partial charge in [-0.1, -0.05) is 0 Å². The monoisotopic (exact) mass is 386 g/mol. The maximum Gasteiger partial charge on any atom is 0.242 e. The van der Waals surface area contributed by atoms with E-state index in [0.717, 1.165) is 12.1 Å². The molecule has 0 fully saturated rings. The number of hydrogen-bond acceptors (Lipinski definition) is 4. The molecule has 1 aromatic rings. The molecule has 1 aromatic carbocycles. The molecule has 3 N–H and O–H groups in total. The number of halogens is 2. The van der Waals surface area contributed by atoms with Crippen LogP contribution in [0.25, 0.3) is 0 Å². The Balaban J connectivity index is 2.94. The molecular weight excluding hydrogens is 371 g/mol. The van der Waals surface area contributed by atoms with Crippen molar-refractivity contribution < 1.29 is 17.0 Å². The Morgan fingerprint density at radius 2 is 2.10 bits per heavy atom. The lowest BCUT2D eigenvalue weighted by molar-refractivity contribution is 0.555. The molecule has 0 saturated heterocycles. The van der Waals surface area contributed by atoms with E-state index in [4.69, 9.17) is 5.73 Å². The smallest absolute Gasteiger partial charge is 0.242 e. The van der Waals surface area contributed by atoms with Crippen molar-refractivity contribution in [2.75, 3.05) is 17.7 Å². The molecular formula is C11H16BrFN2O3S2. The maximum atomic E-state index is 13.2. The first-order chi connectivity index (χ1) is 9.13. The lowest BCUT2D eigenvalue weighted by atomic mass is 10.3. The van der Waals surface area contributed by atoms with E-state index < -0.39 is 26.6 Å². The third-order valence-electron chi connectivity index (χ3n) is 2.54. The second-order valence-electron chi connectivity index (χ2n) is 4.39. The third-order valence-corrected chi connectivity index (χ3v) is 5.89. The zero-order valence-corrected chi connectivity index (χ0v) is 14.2. The lowest BCUT2D eigenvalue weighted by Gasteiger charge is -2.15. The number of sulfonamides is 1. The fourth-order valence-electron chi connectivity index (χ4n) is 1.48. The van der Waals surface area contributed by atoms with Crippen LogP contribution >= 0.6 is 15.9 Å². The van der Waals surface area contributed by atoms with Crippen molar-refractivity contribution in [1.82, 2.24) is 4.72 Å². The lowest BCUT2D eigenvalue weighted by Crippen LogP contribution is -2.33. The summed E-state index contributed by atoms with van der Waals surface area (Å²) in [5, 5.41) is 0. The van der Waals surface area contributed by atoms with Gasteiger partial charge in [0.2, 0.25) is 10.0 Å². The van der Waals surface area contributed by atoms with E-state index in [1.807, 2.05) is 0 Å². The zero-order chi connectivity index (χ0) is 15.5. The number of nitrogens with one attached hydrogen (secondary N) is 1. The second-order valence-corrected chi connectivity index (χ2v) is 8.48. The third kappa shape index (κ3) is 4.80. The number of anilines is 1. The SMILES string of the molecule is CC(CCS(C)=O)NS(=O)(=O)c1cc(N)c(F)cc1Br. The van der Waals surface area contributed by atoms with Gasteiger partial charge < -0.3 is 5.73 Å². The predicted molar refractivity (Wildman–Crippen MR) is 81.8 cm³/mol. The quantitative estimate of drug-likeness (QED) is 0.726. The Morgan fingerprint density at radius 1 is 1.50 bits per heavy atom. The Labute approximate surface area is 128 Å². The molecule has 1 rings (SSSR count). The van der Waals surface area contributed by atoms with E-state index >= 15 is 0 Å². The summed E-state index contributed by atoms with van der Waals surface area (Å²) in [7, 11) is -4.80. The van der Waals surface area contributed by atoms with Crippen LogP contribution in [0.5, 0.6) is 0 Å². The normalized spacial score (nSPS) is 15.0. The van der Waals surface area contributed by atoms with Crippen molar-refractivity contribution >= 4 is 42.4 Å². The molecule has 0 aromatic heterocycles. The molecule has 9 heteroatoms. The molecule has 0 bridgehead atoms. The molecule has 0 amide bonds. The fourth-order valence-corrected chi connectivity index (χ4v) is 4.49. The van der Waals surface area contributed by atoms with Crippen LogP contribution in [0.1, 0.15) is 13.3 Å². The number of rotatable bonds is 6. The molecule has 2 atom stereocenters. The minimum Gasteiger partial charge on any atom is -0.396 e. The molecule has 0 radical (unpaired) electrons. The van der Waals surface area contributed by atoms with Crippen molar-refractivity contribution in [3.8, 4) is 0 Å². The van der Waals surface area contributed by atoms with Gasteiger partial charge in [0.1, 0.15) is 5.82 Å². The molecule has 0 spiro atoms. The van der Waals surface area contributed by atoms with Crippen molar-refractivity contribution in [3.05, 3.63) is 22.4 Å². The number of nitrogens with two attached hydrogens (primary N) is 1. The van der Waals surface area contributed by atoms with Gasteiger partial charge in [0.25, 0.3) is 0 Å². The molecule has 0 heterocycles. The second kappa shape index (κ2) is 6.97. The van der Waals surface area contributed by atoms with Crippen LogP contribution < -0.4 is 10.5 Å². The largest absolute Gasteiger partial charge is 0.396 e. The summed E-state index contributed by atoms with van der Waals surface area (Å²) in [6.45, 7) is 1.67. The van der Waals surface area contributed by atoms with Gasteiger partial charge in [0, 0.05) is 33.3 Å². The molecule has 0 aliphatic heterocycles. The first kappa shape index (κ1) is 17.5. The van der Waals surface area contributed by atoms with Crippen molar-refractivity contribution in [1.29, 1.82) is 0 Å². The molecule has 20 heavy (non-hydrogen) atoms. The van der Waals surface area contributed by atoms with E-state index in [2.05, 4.69) is 20.7 Å². The minimum absolute atomic E-state index is 0.1000. The van der Waals surface area contributed by atoms with Crippen LogP contribution in [0.15, 0.2) is 21.5 Å². The number of benzene rings is 1. The van der Waals surface area contributed by atoms with Gasteiger partial charge in [-0.2, -0.15) is 0 Å². The average Bonchev–Trinajstić information content (AvgIpc) is 2.30. The average molecular weight is 387 g/mol. The highest BCUT2D eigenvalue weighted by atomic mass is 79.9. The highest BCUT2D eigenvalue weighted by molar-refractivity contribution is 9.10. The number of hydrogen-bond donors (Lipinski definition) is 2. The van der Waals surface area contributed by atoms with Crippen LogP contribution in [-0.2, 0) is 20.8 Å². The first-order valence-corrected chi connectivity index (χ1v) is 9.70. The van der Waals surface area contributed by atoms with Gasteiger partial charge >= 0.3 is 0 Å². The van der Waals surface area contributed by atoms with Crippen molar-refractivity contribution in [2.24, 2.45) is 0 Å². The molecule has 114 valence electrons. The first-order valence-electron chi connectivity index (χ1n) is 5.70. The summed E-state index contributed by atoms with van der Waals surface area (Å²) < 4.78 is 51.1. The van der Waals surface area contributed by atoms with Crippen LogP contribution in [0.4, 0.5) is 10.1 Å². The Morgan fingerprint density at radius 3 is 2.65 bits per heavy atom. The summed E-state index contributed by atoms with van der Waals surface area (Å²) in [6.07, 6.45) is 2.00.